The Hall–Kier alpha value is -3.41. The minimum absolute atomic E-state index is 0.0561. The highest BCUT2D eigenvalue weighted by molar-refractivity contribution is 5.98. The number of carboxylic acid groups (broad SMARTS) is 1. The molecule has 134 valence electrons. The summed E-state index contributed by atoms with van der Waals surface area (Å²) in [6, 6.07) is 15.4. The monoisotopic (exact) mass is 353 g/mol. The van der Waals surface area contributed by atoms with Gasteiger partial charge in [-0.3, -0.25) is 4.79 Å². The Morgan fingerprint density at radius 3 is 2.04 bits per heavy atom. The summed E-state index contributed by atoms with van der Waals surface area (Å²) in [5.41, 5.74) is 0.789. The van der Waals surface area contributed by atoms with Crippen LogP contribution in [-0.2, 0) is 14.3 Å². The standard InChI is InChI=1S/C20H19NO5/c1-13(20(25)26-2)16(14-9-5-3-6-10-14)17(19(23)24)21-18(22)15-11-7-4-8-12-15/h3-12,16-17H,1H2,2H3,(H,21,22)(H,23,24)/t16-,17-/m1/s1. The van der Waals surface area contributed by atoms with Gasteiger partial charge in [0.15, 0.2) is 0 Å². The highest BCUT2D eigenvalue weighted by Crippen LogP contribution is 2.28. The van der Waals surface area contributed by atoms with Crippen molar-refractivity contribution in [2.24, 2.45) is 0 Å². The molecular formula is C20H19NO5. The summed E-state index contributed by atoms with van der Waals surface area (Å²) in [7, 11) is 1.19. The van der Waals surface area contributed by atoms with Crippen molar-refractivity contribution in [3.05, 3.63) is 83.9 Å². The maximum absolute atomic E-state index is 12.4. The molecule has 0 spiro atoms. The Morgan fingerprint density at radius 1 is 1.00 bits per heavy atom. The van der Waals surface area contributed by atoms with Crippen LogP contribution in [0.2, 0.25) is 0 Å². The largest absolute Gasteiger partial charge is 0.480 e. The number of amides is 1. The van der Waals surface area contributed by atoms with Gasteiger partial charge in [0.2, 0.25) is 0 Å². The summed E-state index contributed by atoms with van der Waals surface area (Å²) in [5.74, 6) is -3.56. The van der Waals surface area contributed by atoms with E-state index in [0.717, 1.165) is 0 Å². The normalized spacial score (nSPS) is 12.5. The number of ether oxygens (including phenoxy) is 1. The van der Waals surface area contributed by atoms with Gasteiger partial charge in [0.1, 0.15) is 6.04 Å². The molecule has 0 radical (unpaired) electrons. The van der Waals surface area contributed by atoms with Crippen molar-refractivity contribution in [3.63, 3.8) is 0 Å². The molecule has 2 rings (SSSR count). The van der Waals surface area contributed by atoms with E-state index in [1.807, 2.05) is 0 Å². The molecule has 0 saturated carbocycles. The van der Waals surface area contributed by atoms with Crippen LogP contribution in [0, 0.1) is 0 Å². The fourth-order valence-corrected chi connectivity index (χ4v) is 2.61. The number of hydrogen-bond acceptors (Lipinski definition) is 4. The van der Waals surface area contributed by atoms with Gasteiger partial charge < -0.3 is 15.2 Å². The number of methoxy groups -OCH3 is 1. The van der Waals surface area contributed by atoms with Gasteiger partial charge in [-0.15, -0.1) is 0 Å². The topological polar surface area (TPSA) is 92.7 Å². The number of carbonyl (C=O) groups excluding carboxylic acids is 2. The van der Waals surface area contributed by atoms with E-state index in [2.05, 4.69) is 16.6 Å². The maximum Gasteiger partial charge on any atom is 0.333 e. The number of aliphatic carboxylic acids is 1. The molecule has 0 aromatic heterocycles. The maximum atomic E-state index is 12.4. The van der Waals surface area contributed by atoms with Gasteiger partial charge in [-0.2, -0.15) is 0 Å². The third kappa shape index (κ3) is 4.36. The summed E-state index contributed by atoms with van der Waals surface area (Å²) in [6.07, 6.45) is 0. The first-order valence-corrected chi connectivity index (χ1v) is 7.86. The number of benzene rings is 2. The van der Waals surface area contributed by atoms with Crippen molar-refractivity contribution < 1.29 is 24.2 Å². The molecule has 0 unspecified atom stereocenters. The van der Waals surface area contributed by atoms with Crippen LogP contribution in [0.25, 0.3) is 0 Å². The smallest absolute Gasteiger partial charge is 0.333 e. The number of hydrogen-bond donors (Lipinski definition) is 2. The number of rotatable bonds is 7. The number of esters is 1. The summed E-state index contributed by atoms with van der Waals surface area (Å²) in [4.78, 5) is 36.3. The van der Waals surface area contributed by atoms with Crippen LogP contribution in [0.1, 0.15) is 21.8 Å². The second-order valence-corrected chi connectivity index (χ2v) is 5.56. The Balaban J connectivity index is 2.40. The summed E-state index contributed by atoms with van der Waals surface area (Å²) in [5, 5.41) is 12.2. The van der Waals surface area contributed by atoms with Gasteiger partial charge in [-0.1, -0.05) is 55.1 Å². The van der Waals surface area contributed by atoms with Crippen LogP contribution < -0.4 is 5.32 Å². The summed E-state index contributed by atoms with van der Waals surface area (Å²) in [6.45, 7) is 3.70. The Morgan fingerprint density at radius 2 is 1.54 bits per heavy atom. The third-order valence-corrected chi connectivity index (χ3v) is 3.90. The zero-order chi connectivity index (χ0) is 19.1. The Bertz CT molecular complexity index is 801. The molecule has 26 heavy (non-hydrogen) atoms. The zero-order valence-corrected chi connectivity index (χ0v) is 14.2. The van der Waals surface area contributed by atoms with Crippen molar-refractivity contribution in [3.8, 4) is 0 Å². The summed E-state index contributed by atoms with van der Waals surface area (Å²) >= 11 is 0. The van der Waals surface area contributed by atoms with Crippen molar-refractivity contribution in [1.82, 2.24) is 5.32 Å². The van der Waals surface area contributed by atoms with E-state index in [1.165, 1.54) is 7.11 Å². The van der Waals surface area contributed by atoms with Gasteiger partial charge >= 0.3 is 11.9 Å². The first-order chi connectivity index (χ1) is 12.5. The SMILES string of the molecule is C=C(C(=O)OC)[C@H](c1ccccc1)[C@@H](NC(=O)c1ccccc1)C(=O)O. The van der Waals surface area contributed by atoms with E-state index in [9.17, 15) is 19.5 Å². The van der Waals surface area contributed by atoms with Crippen LogP contribution in [0.5, 0.6) is 0 Å². The van der Waals surface area contributed by atoms with Crippen molar-refractivity contribution in [2.75, 3.05) is 7.11 Å². The second kappa shape index (κ2) is 8.62. The summed E-state index contributed by atoms with van der Waals surface area (Å²) < 4.78 is 4.69. The van der Waals surface area contributed by atoms with E-state index >= 15 is 0 Å². The minimum atomic E-state index is -1.39. The van der Waals surface area contributed by atoms with Crippen LogP contribution in [0.15, 0.2) is 72.8 Å². The van der Waals surface area contributed by atoms with Gasteiger partial charge in [-0.05, 0) is 17.7 Å². The molecule has 0 aliphatic heterocycles. The lowest BCUT2D eigenvalue weighted by molar-refractivity contribution is -0.140. The first kappa shape index (κ1) is 18.9. The third-order valence-electron chi connectivity index (χ3n) is 3.90. The lowest BCUT2D eigenvalue weighted by Gasteiger charge is -2.26. The van der Waals surface area contributed by atoms with Crippen LogP contribution in [0.3, 0.4) is 0 Å². The molecule has 0 fully saturated rings. The predicted molar refractivity (Wildman–Crippen MR) is 95.7 cm³/mol. The molecular weight excluding hydrogens is 334 g/mol. The fraction of sp³-hybridized carbons (Fsp3) is 0.150. The quantitative estimate of drug-likeness (QED) is 0.589. The highest BCUT2D eigenvalue weighted by atomic mass is 16.5. The number of nitrogens with one attached hydrogen (secondary N) is 1. The predicted octanol–water partition coefficient (Wildman–Crippen LogP) is 2.38. The van der Waals surface area contributed by atoms with Gasteiger partial charge in [0.05, 0.1) is 7.11 Å². The molecule has 0 heterocycles. The minimum Gasteiger partial charge on any atom is -0.480 e. The Kier molecular flexibility index (Phi) is 6.27. The van der Waals surface area contributed by atoms with Crippen LogP contribution in [0.4, 0.5) is 0 Å². The molecule has 1 amide bonds. The van der Waals surface area contributed by atoms with Crippen LogP contribution >= 0.6 is 0 Å². The lowest BCUT2D eigenvalue weighted by Crippen LogP contribution is -2.46. The Labute approximate surface area is 151 Å². The molecule has 6 heteroatoms. The van der Waals surface area contributed by atoms with Gasteiger partial charge in [-0.25, -0.2) is 9.59 Å². The van der Waals surface area contributed by atoms with Crippen LogP contribution in [-0.4, -0.2) is 36.1 Å². The molecule has 2 aromatic rings. The van der Waals surface area contributed by atoms with E-state index < -0.39 is 29.8 Å². The molecule has 6 nitrogen and oxygen atoms in total. The van der Waals surface area contributed by atoms with E-state index in [4.69, 9.17) is 0 Å². The molecule has 2 atom stereocenters. The molecule has 2 N–H and O–H groups in total. The second-order valence-electron chi connectivity index (χ2n) is 5.56. The molecule has 0 bridgehead atoms. The van der Waals surface area contributed by atoms with Gasteiger partial charge in [0.25, 0.3) is 5.91 Å². The number of carbonyl (C=O) groups is 3. The molecule has 2 aromatic carbocycles. The molecule has 0 aliphatic carbocycles. The van der Waals surface area contributed by atoms with Crippen molar-refractivity contribution >= 4 is 17.8 Å². The average Bonchev–Trinajstić information content (AvgIpc) is 2.67. The highest BCUT2D eigenvalue weighted by Gasteiger charge is 2.36. The van der Waals surface area contributed by atoms with E-state index in [0.29, 0.717) is 11.1 Å². The van der Waals surface area contributed by atoms with Gasteiger partial charge in [0, 0.05) is 17.1 Å². The van der Waals surface area contributed by atoms with E-state index in [1.54, 1.807) is 60.7 Å². The van der Waals surface area contributed by atoms with Crippen molar-refractivity contribution in [2.45, 2.75) is 12.0 Å². The van der Waals surface area contributed by atoms with Crippen molar-refractivity contribution in [1.29, 1.82) is 0 Å². The molecule has 0 aliphatic rings. The van der Waals surface area contributed by atoms with E-state index in [-0.39, 0.29) is 5.57 Å². The lowest BCUT2D eigenvalue weighted by atomic mass is 9.85. The molecule has 0 saturated heterocycles. The number of carboxylic acids is 1. The first-order valence-electron chi connectivity index (χ1n) is 7.86. The zero-order valence-electron chi connectivity index (χ0n) is 14.2. The average molecular weight is 353 g/mol. The fourth-order valence-electron chi connectivity index (χ4n) is 2.61.